The summed E-state index contributed by atoms with van der Waals surface area (Å²) >= 11 is 2.04. The van der Waals surface area contributed by atoms with Crippen molar-refractivity contribution in [2.75, 3.05) is 25.4 Å². The van der Waals surface area contributed by atoms with Gasteiger partial charge in [0.05, 0.1) is 0 Å². The van der Waals surface area contributed by atoms with E-state index in [9.17, 15) is 4.79 Å². The maximum atomic E-state index is 12.0. The molecule has 0 bridgehead atoms. The molecule has 0 aliphatic carbocycles. The number of nitrogens with one attached hydrogen (secondary N) is 1. The number of rotatable bonds is 6. The van der Waals surface area contributed by atoms with Gasteiger partial charge in [0.2, 0.25) is 0 Å². The number of thioether (sulfide) groups is 1. The van der Waals surface area contributed by atoms with Crippen LogP contribution in [0.5, 0.6) is 0 Å². The molecule has 1 amide bonds. The Morgan fingerprint density at radius 1 is 1.45 bits per heavy atom. The molecule has 0 aromatic heterocycles. The first-order valence-electron chi connectivity index (χ1n) is 7.64. The van der Waals surface area contributed by atoms with Crippen molar-refractivity contribution in [3.05, 3.63) is 0 Å². The molecule has 0 spiro atoms. The Morgan fingerprint density at radius 2 is 2.15 bits per heavy atom. The summed E-state index contributed by atoms with van der Waals surface area (Å²) in [4.78, 5) is 13.7. The highest BCUT2D eigenvalue weighted by Gasteiger charge is 2.22. The van der Waals surface area contributed by atoms with Crippen LogP contribution in [0.1, 0.15) is 47.5 Å². The van der Waals surface area contributed by atoms with Crippen molar-refractivity contribution in [1.29, 1.82) is 0 Å². The van der Waals surface area contributed by atoms with Crippen molar-refractivity contribution in [2.45, 2.75) is 64.4 Å². The van der Waals surface area contributed by atoms with Crippen molar-refractivity contribution in [1.82, 2.24) is 10.2 Å². The molecule has 1 aliphatic heterocycles. The summed E-state index contributed by atoms with van der Waals surface area (Å²) in [7, 11) is 0. The van der Waals surface area contributed by atoms with Crippen molar-refractivity contribution < 1.29 is 9.53 Å². The third kappa shape index (κ3) is 6.84. The summed E-state index contributed by atoms with van der Waals surface area (Å²) < 4.78 is 5.40. The molecule has 1 N–H and O–H groups in total. The maximum Gasteiger partial charge on any atom is 0.410 e. The fourth-order valence-electron chi connectivity index (χ4n) is 2.24. The zero-order chi connectivity index (χ0) is 15.2. The third-order valence-electron chi connectivity index (χ3n) is 3.27. The third-order valence-corrected chi connectivity index (χ3v) is 4.63. The van der Waals surface area contributed by atoms with Crippen LogP contribution in [0.4, 0.5) is 4.79 Å². The molecule has 1 rings (SSSR count). The van der Waals surface area contributed by atoms with Crippen molar-refractivity contribution in [2.24, 2.45) is 0 Å². The summed E-state index contributed by atoms with van der Waals surface area (Å²) in [6.07, 6.45) is 2.03. The van der Waals surface area contributed by atoms with E-state index in [-0.39, 0.29) is 6.09 Å². The normalized spacial score (nSPS) is 22.9. The van der Waals surface area contributed by atoms with Gasteiger partial charge in [-0.05, 0) is 47.1 Å². The fraction of sp³-hybridized carbons (Fsp3) is 0.933. The first-order chi connectivity index (χ1) is 9.31. The van der Waals surface area contributed by atoms with Crippen LogP contribution in [-0.4, -0.2) is 53.3 Å². The van der Waals surface area contributed by atoms with Crippen LogP contribution in [-0.2, 0) is 4.74 Å². The van der Waals surface area contributed by atoms with Gasteiger partial charge in [-0.2, -0.15) is 11.8 Å². The number of nitrogens with zero attached hydrogens (tertiary/aromatic N) is 1. The zero-order valence-electron chi connectivity index (χ0n) is 13.6. The summed E-state index contributed by atoms with van der Waals surface area (Å²) in [6.45, 7) is 12.4. The van der Waals surface area contributed by atoms with Crippen molar-refractivity contribution >= 4 is 17.9 Å². The minimum absolute atomic E-state index is 0.204. The van der Waals surface area contributed by atoms with Gasteiger partial charge in [-0.25, -0.2) is 4.79 Å². The molecular formula is C15H30N2O2S. The van der Waals surface area contributed by atoms with Gasteiger partial charge in [0.15, 0.2) is 0 Å². The molecule has 118 valence electrons. The number of hydrogen-bond donors (Lipinski definition) is 1. The summed E-state index contributed by atoms with van der Waals surface area (Å²) in [5, 5.41) is 4.36. The molecular weight excluding hydrogens is 272 g/mol. The molecule has 20 heavy (non-hydrogen) atoms. The van der Waals surface area contributed by atoms with Crippen molar-refractivity contribution in [3.8, 4) is 0 Å². The Kier molecular flexibility index (Phi) is 7.17. The number of amides is 1. The van der Waals surface area contributed by atoms with Gasteiger partial charge in [0.1, 0.15) is 5.60 Å². The van der Waals surface area contributed by atoms with E-state index in [1.54, 1.807) is 4.90 Å². The molecule has 1 fully saturated rings. The van der Waals surface area contributed by atoms with E-state index in [1.807, 2.05) is 39.5 Å². The van der Waals surface area contributed by atoms with Crippen LogP contribution in [0.25, 0.3) is 0 Å². The lowest BCUT2D eigenvalue weighted by atomic mass is 10.2. The Hall–Kier alpha value is -0.420. The van der Waals surface area contributed by atoms with Gasteiger partial charge in [0, 0.05) is 30.1 Å². The van der Waals surface area contributed by atoms with Gasteiger partial charge < -0.3 is 15.0 Å². The van der Waals surface area contributed by atoms with E-state index in [2.05, 4.69) is 12.2 Å². The standard InChI is InChI=1S/C15H30N2O2S/c1-6-17(14(18)19-15(3,4)5)9-7-8-16-13-10-12(2)20-11-13/h12-13,16H,6-11H2,1-5H3. The highest BCUT2D eigenvalue weighted by Crippen LogP contribution is 2.25. The molecule has 0 aromatic rings. The maximum absolute atomic E-state index is 12.0. The number of hydrogen-bond acceptors (Lipinski definition) is 4. The first-order valence-corrected chi connectivity index (χ1v) is 8.69. The SMILES string of the molecule is CCN(CCCNC1CSC(C)C1)C(=O)OC(C)(C)C. The second-order valence-corrected chi connectivity index (χ2v) is 7.92. The van der Waals surface area contributed by atoms with E-state index >= 15 is 0 Å². The molecule has 2 unspecified atom stereocenters. The smallest absolute Gasteiger partial charge is 0.410 e. The number of carbonyl (C=O) groups is 1. The van der Waals surface area contributed by atoms with Gasteiger partial charge in [0.25, 0.3) is 0 Å². The van der Waals surface area contributed by atoms with Gasteiger partial charge in [-0.3, -0.25) is 0 Å². The number of ether oxygens (including phenoxy) is 1. The molecule has 1 aliphatic rings. The minimum Gasteiger partial charge on any atom is -0.444 e. The van der Waals surface area contributed by atoms with Crippen LogP contribution < -0.4 is 5.32 Å². The average molecular weight is 302 g/mol. The summed E-state index contributed by atoms with van der Waals surface area (Å²) in [5.74, 6) is 1.21. The van der Waals surface area contributed by atoms with Gasteiger partial charge in [-0.1, -0.05) is 6.92 Å². The highest BCUT2D eigenvalue weighted by molar-refractivity contribution is 8.00. The zero-order valence-corrected chi connectivity index (χ0v) is 14.4. The minimum atomic E-state index is -0.417. The highest BCUT2D eigenvalue weighted by atomic mass is 32.2. The Balaban J connectivity index is 2.19. The molecule has 2 atom stereocenters. The van der Waals surface area contributed by atoms with E-state index in [0.717, 1.165) is 24.8 Å². The predicted octanol–water partition coefficient (Wildman–Crippen LogP) is 3.12. The Morgan fingerprint density at radius 3 is 2.65 bits per heavy atom. The van der Waals surface area contributed by atoms with Gasteiger partial charge >= 0.3 is 6.09 Å². The van der Waals surface area contributed by atoms with Crippen LogP contribution in [0.3, 0.4) is 0 Å². The lowest BCUT2D eigenvalue weighted by molar-refractivity contribution is 0.0258. The Labute approximate surface area is 128 Å². The van der Waals surface area contributed by atoms with E-state index in [0.29, 0.717) is 12.6 Å². The van der Waals surface area contributed by atoms with Crippen LogP contribution in [0.2, 0.25) is 0 Å². The van der Waals surface area contributed by atoms with Gasteiger partial charge in [-0.15, -0.1) is 0 Å². The van der Waals surface area contributed by atoms with E-state index < -0.39 is 5.60 Å². The predicted molar refractivity (Wildman–Crippen MR) is 86.4 cm³/mol. The quantitative estimate of drug-likeness (QED) is 0.766. The van der Waals surface area contributed by atoms with Crippen LogP contribution in [0, 0.1) is 0 Å². The fourth-order valence-corrected chi connectivity index (χ4v) is 3.42. The largest absolute Gasteiger partial charge is 0.444 e. The lowest BCUT2D eigenvalue weighted by Crippen LogP contribution is -2.38. The van der Waals surface area contributed by atoms with E-state index in [1.165, 1.54) is 12.2 Å². The summed E-state index contributed by atoms with van der Waals surface area (Å²) in [6, 6.07) is 0.645. The lowest BCUT2D eigenvalue weighted by Gasteiger charge is -2.26. The molecule has 4 nitrogen and oxygen atoms in total. The first kappa shape index (κ1) is 17.6. The number of carbonyl (C=O) groups excluding carboxylic acids is 1. The molecule has 0 radical (unpaired) electrons. The topological polar surface area (TPSA) is 41.6 Å². The monoisotopic (exact) mass is 302 g/mol. The summed E-state index contributed by atoms with van der Waals surface area (Å²) in [5.41, 5.74) is -0.417. The second-order valence-electron chi connectivity index (χ2n) is 6.44. The second kappa shape index (κ2) is 8.13. The molecule has 0 saturated carbocycles. The molecule has 0 aromatic carbocycles. The molecule has 1 saturated heterocycles. The van der Waals surface area contributed by atoms with Crippen LogP contribution in [0.15, 0.2) is 0 Å². The van der Waals surface area contributed by atoms with E-state index in [4.69, 9.17) is 4.74 Å². The average Bonchev–Trinajstić information content (AvgIpc) is 2.72. The molecule has 1 heterocycles. The van der Waals surface area contributed by atoms with Crippen LogP contribution >= 0.6 is 11.8 Å². The van der Waals surface area contributed by atoms with Crippen molar-refractivity contribution in [3.63, 3.8) is 0 Å². The Bertz CT molecular complexity index is 305. The molecule has 5 heteroatoms.